The zero-order valence-electron chi connectivity index (χ0n) is 12.5. The van der Waals surface area contributed by atoms with Gasteiger partial charge in [-0.2, -0.15) is 0 Å². The summed E-state index contributed by atoms with van der Waals surface area (Å²) >= 11 is 0. The molecule has 1 atom stereocenters. The molecule has 2 heteroatoms. The highest BCUT2D eigenvalue weighted by atomic mass is 16.3. The lowest BCUT2D eigenvalue weighted by Crippen LogP contribution is -2.35. The van der Waals surface area contributed by atoms with Crippen molar-refractivity contribution in [1.29, 1.82) is 0 Å². The van der Waals surface area contributed by atoms with Crippen LogP contribution in [-0.4, -0.2) is 18.2 Å². The smallest absolute Gasteiger partial charge is 0.0807 e. The summed E-state index contributed by atoms with van der Waals surface area (Å²) in [6.45, 7) is 4.38. The van der Waals surface area contributed by atoms with Crippen LogP contribution >= 0.6 is 0 Å². The molecule has 2 rings (SSSR count). The fraction of sp³-hybridized carbons (Fsp3) is 0.647. The lowest BCUT2D eigenvalue weighted by Gasteiger charge is -2.36. The fourth-order valence-electron chi connectivity index (χ4n) is 3.14. The van der Waals surface area contributed by atoms with E-state index in [9.17, 15) is 5.11 Å². The molecule has 1 aliphatic carbocycles. The summed E-state index contributed by atoms with van der Waals surface area (Å²) in [7, 11) is 2.18. The average Bonchev–Trinajstić information content (AvgIpc) is 2.46. The molecule has 0 amide bonds. The standard InChI is InChI=1S/C17H27NO/c1-4-17(19)15-7-5-6-8-16(15)18(3)14-11-9-13(2)10-12-14/h5-8,13-14,17,19H,4,9-12H2,1-3H3/t13?,14?,17-/m1/s1. The van der Waals surface area contributed by atoms with Crippen LogP contribution in [0.5, 0.6) is 0 Å². The molecule has 1 aromatic carbocycles. The van der Waals surface area contributed by atoms with Crippen molar-refractivity contribution in [2.45, 2.75) is 58.1 Å². The number of nitrogens with zero attached hydrogens (tertiary/aromatic N) is 1. The van der Waals surface area contributed by atoms with Crippen LogP contribution < -0.4 is 4.90 Å². The van der Waals surface area contributed by atoms with Crippen molar-refractivity contribution in [2.24, 2.45) is 5.92 Å². The number of anilines is 1. The molecule has 0 unspecified atom stereocenters. The Morgan fingerprint density at radius 3 is 2.47 bits per heavy atom. The van der Waals surface area contributed by atoms with Gasteiger partial charge in [-0.1, -0.05) is 32.0 Å². The second-order valence-corrected chi connectivity index (χ2v) is 6.01. The minimum absolute atomic E-state index is 0.346. The molecule has 0 spiro atoms. The van der Waals surface area contributed by atoms with Gasteiger partial charge in [0.15, 0.2) is 0 Å². The maximum atomic E-state index is 10.2. The number of para-hydroxylation sites is 1. The third-order valence-corrected chi connectivity index (χ3v) is 4.60. The highest BCUT2D eigenvalue weighted by Crippen LogP contribution is 2.33. The number of aliphatic hydroxyl groups excluding tert-OH is 1. The minimum atomic E-state index is -0.346. The van der Waals surface area contributed by atoms with Gasteiger partial charge in [0, 0.05) is 24.3 Å². The molecule has 1 aliphatic rings. The number of benzene rings is 1. The zero-order valence-corrected chi connectivity index (χ0v) is 12.5. The molecule has 0 heterocycles. The maximum absolute atomic E-state index is 10.2. The molecule has 0 aromatic heterocycles. The first-order valence-electron chi connectivity index (χ1n) is 7.63. The van der Waals surface area contributed by atoms with Crippen LogP contribution in [0.4, 0.5) is 5.69 Å². The second kappa shape index (κ2) is 6.42. The van der Waals surface area contributed by atoms with Crippen LogP contribution in [0.25, 0.3) is 0 Å². The van der Waals surface area contributed by atoms with Gasteiger partial charge in [0.05, 0.1) is 6.10 Å². The summed E-state index contributed by atoms with van der Waals surface area (Å²) in [4.78, 5) is 2.39. The summed E-state index contributed by atoms with van der Waals surface area (Å²) < 4.78 is 0. The summed E-state index contributed by atoms with van der Waals surface area (Å²) in [5, 5.41) is 10.2. The van der Waals surface area contributed by atoms with E-state index in [1.165, 1.54) is 31.4 Å². The van der Waals surface area contributed by atoms with Gasteiger partial charge in [0.1, 0.15) is 0 Å². The molecule has 1 aromatic rings. The lowest BCUT2D eigenvalue weighted by atomic mass is 9.86. The largest absolute Gasteiger partial charge is 0.388 e. The van der Waals surface area contributed by atoms with Crippen molar-refractivity contribution in [3.05, 3.63) is 29.8 Å². The predicted octanol–water partition coefficient (Wildman–Crippen LogP) is 4.14. The zero-order chi connectivity index (χ0) is 13.8. The third kappa shape index (κ3) is 3.30. The van der Waals surface area contributed by atoms with Crippen LogP contribution in [-0.2, 0) is 0 Å². The van der Waals surface area contributed by atoms with Crippen molar-refractivity contribution in [1.82, 2.24) is 0 Å². The molecule has 0 aliphatic heterocycles. The summed E-state index contributed by atoms with van der Waals surface area (Å²) in [5.74, 6) is 0.876. The van der Waals surface area contributed by atoms with E-state index in [-0.39, 0.29) is 6.10 Å². The van der Waals surface area contributed by atoms with E-state index in [0.29, 0.717) is 6.04 Å². The van der Waals surface area contributed by atoms with Gasteiger partial charge in [-0.25, -0.2) is 0 Å². The van der Waals surface area contributed by atoms with E-state index in [1.807, 2.05) is 13.0 Å². The number of aliphatic hydroxyl groups is 1. The van der Waals surface area contributed by atoms with Crippen LogP contribution in [0.2, 0.25) is 0 Å². The van der Waals surface area contributed by atoms with E-state index in [0.717, 1.165) is 17.9 Å². The quantitative estimate of drug-likeness (QED) is 0.880. The first-order valence-corrected chi connectivity index (χ1v) is 7.63. The number of hydrogen-bond donors (Lipinski definition) is 1. The van der Waals surface area contributed by atoms with E-state index in [2.05, 4.69) is 37.1 Å². The van der Waals surface area contributed by atoms with Gasteiger partial charge in [0.25, 0.3) is 0 Å². The van der Waals surface area contributed by atoms with Crippen LogP contribution in [0.15, 0.2) is 24.3 Å². The number of rotatable bonds is 4. The van der Waals surface area contributed by atoms with Crippen LogP contribution in [0.1, 0.15) is 57.6 Å². The van der Waals surface area contributed by atoms with E-state index in [4.69, 9.17) is 0 Å². The monoisotopic (exact) mass is 261 g/mol. The minimum Gasteiger partial charge on any atom is -0.388 e. The molecule has 19 heavy (non-hydrogen) atoms. The lowest BCUT2D eigenvalue weighted by molar-refractivity contribution is 0.174. The number of hydrogen-bond acceptors (Lipinski definition) is 2. The Morgan fingerprint density at radius 1 is 1.21 bits per heavy atom. The molecule has 2 nitrogen and oxygen atoms in total. The Kier molecular flexibility index (Phi) is 4.87. The molecule has 0 radical (unpaired) electrons. The van der Waals surface area contributed by atoms with E-state index < -0.39 is 0 Å². The summed E-state index contributed by atoms with van der Waals surface area (Å²) in [6, 6.07) is 8.93. The van der Waals surface area contributed by atoms with E-state index >= 15 is 0 Å². The Labute approximate surface area is 117 Å². The van der Waals surface area contributed by atoms with Gasteiger partial charge >= 0.3 is 0 Å². The van der Waals surface area contributed by atoms with Gasteiger partial charge in [-0.3, -0.25) is 0 Å². The van der Waals surface area contributed by atoms with Crippen LogP contribution in [0.3, 0.4) is 0 Å². The maximum Gasteiger partial charge on any atom is 0.0807 e. The summed E-state index contributed by atoms with van der Waals surface area (Å²) in [6.07, 6.45) is 5.62. The highest BCUT2D eigenvalue weighted by Gasteiger charge is 2.24. The topological polar surface area (TPSA) is 23.5 Å². The normalized spacial score (nSPS) is 25.1. The second-order valence-electron chi connectivity index (χ2n) is 6.01. The molecule has 1 saturated carbocycles. The molecule has 0 bridgehead atoms. The third-order valence-electron chi connectivity index (χ3n) is 4.60. The first kappa shape index (κ1) is 14.4. The molecule has 1 N–H and O–H groups in total. The fourth-order valence-corrected chi connectivity index (χ4v) is 3.14. The average molecular weight is 261 g/mol. The Hall–Kier alpha value is -1.02. The van der Waals surface area contributed by atoms with Crippen molar-refractivity contribution < 1.29 is 5.11 Å². The molecular formula is C17H27NO. The Balaban J connectivity index is 2.16. The van der Waals surface area contributed by atoms with Crippen molar-refractivity contribution in [3.8, 4) is 0 Å². The van der Waals surface area contributed by atoms with Gasteiger partial charge in [-0.15, -0.1) is 0 Å². The predicted molar refractivity (Wildman–Crippen MR) is 81.5 cm³/mol. The van der Waals surface area contributed by atoms with Crippen molar-refractivity contribution >= 4 is 5.69 Å². The van der Waals surface area contributed by atoms with Gasteiger partial charge in [-0.05, 0) is 44.1 Å². The Bertz CT molecular complexity index is 396. The molecule has 106 valence electrons. The van der Waals surface area contributed by atoms with Gasteiger partial charge < -0.3 is 10.0 Å². The molecular weight excluding hydrogens is 234 g/mol. The first-order chi connectivity index (χ1) is 9.13. The highest BCUT2D eigenvalue weighted by molar-refractivity contribution is 5.54. The van der Waals surface area contributed by atoms with Crippen LogP contribution in [0, 0.1) is 5.92 Å². The van der Waals surface area contributed by atoms with E-state index in [1.54, 1.807) is 0 Å². The molecule has 0 saturated heterocycles. The molecule has 1 fully saturated rings. The van der Waals surface area contributed by atoms with Gasteiger partial charge in [0.2, 0.25) is 0 Å². The van der Waals surface area contributed by atoms with Crippen molar-refractivity contribution in [2.75, 3.05) is 11.9 Å². The summed E-state index contributed by atoms with van der Waals surface area (Å²) in [5.41, 5.74) is 2.28. The SMILES string of the molecule is CC[C@@H](O)c1ccccc1N(C)C1CCC(C)CC1. The Morgan fingerprint density at radius 2 is 1.84 bits per heavy atom. The van der Waals surface area contributed by atoms with Crippen molar-refractivity contribution in [3.63, 3.8) is 0 Å².